The van der Waals surface area contributed by atoms with Gasteiger partial charge in [0.15, 0.2) is 0 Å². The second-order valence-corrected chi connectivity index (χ2v) is 7.66. The van der Waals surface area contributed by atoms with Crippen LogP contribution in [0.4, 0.5) is 5.69 Å². The van der Waals surface area contributed by atoms with Crippen LogP contribution in [-0.2, 0) is 17.6 Å². The monoisotopic (exact) mass is 387 g/mol. The summed E-state index contributed by atoms with van der Waals surface area (Å²) in [6.45, 7) is 2.09. The number of hydrogen-bond acceptors (Lipinski definition) is 3. The molecule has 5 heteroatoms. The minimum absolute atomic E-state index is 0.0736. The fourth-order valence-corrected chi connectivity index (χ4v) is 4.05. The Labute approximate surface area is 170 Å². The maximum atomic E-state index is 12.5. The van der Waals surface area contributed by atoms with E-state index >= 15 is 0 Å². The molecule has 2 aliphatic rings. The lowest BCUT2D eigenvalue weighted by molar-refractivity contribution is -0.115. The molecule has 2 amide bonds. The van der Waals surface area contributed by atoms with Crippen molar-refractivity contribution < 1.29 is 9.59 Å². The Morgan fingerprint density at radius 2 is 1.86 bits per heavy atom. The van der Waals surface area contributed by atoms with Gasteiger partial charge in [-0.25, -0.2) is 0 Å². The molecule has 1 atom stereocenters. The van der Waals surface area contributed by atoms with Crippen LogP contribution in [0, 0.1) is 0 Å². The number of benzene rings is 2. The van der Waals surface area contributed by atoms with Crippen LogP contribution in [-0.4, -0.2) is 17.9 Å². The van der Waals surface area contributed by atoms with E-state index in [-0.39, 0.29) is 17.9 Å². The van der Waals surface area contributed by atoms with Crippen molar-refractivity contribution in [1.82, 2.24) is 0 Å². The van der Waals surface area contributed by atoms with E-state index in [2.05, 4.69) is 22.5 Å². The third-order valence-electron chi connectivity index (χ3n) is 5.70. The first kappa shape index (κ1) is 19.2. The van der Waals surface area contributed by atoms with Crippen LogP contribution in [0.2, 0.25) is 0 Å². The minimum atomic E-state index is -0.161. The average Bonchev–Trinajstić information content (AvgIpc) is 2.76. The number of carbonyl (C=O) groups is 2. The van der Waals surface area contributed by atoms with Crippen molar-refractivity contribution in [3.05, 3.63) is 76.4 Å². The number of rotatable bonds is 5. The molecule has 0 spiro atoms. The number of aryl methyl sites for hydroxylation is 1. The summed E-state index contributed by atoms with van der Waals surface area (Å²) in [6.07, 6.45) is 5.53. The van der Waals surface area contributed by atoms with Gasteiger partial charge < -0.3 is 5.32 Å². The maximum absolute atomic E-state index is 12.5. The molecule has 1 aliphatic heterocycles. The van der Waals surface area contributed by atoms with Gasteiger partial charge in [-0.2, -0.15) is 5.11 Å². The molecule has 0 fully saturated rings. The number of anilines is 1. The molecule has 1 heterocycles. The Morgan fingerprint density at radius 1 is 1.07 bits per heavy atom. The second-order valence-electron chi connectivity index (χ2n) is 7.66. The van der Waals surface area contributed by atoms with Crippen molar-refractivity contribution in [1.29, 1.82) is 0 Å². The first-order valence-corrected chi connectivity index (χ1v) is 10.3. The Kier molecular flexibility index (Phi) is 5.65. The molecular formula is C24H25N3O2. The largest absolute Gasteiger partial charge is 0.322 e. The third-order valence-corrected chi connectivity index (χ3v) is 5.70. The predicted octanol–water partition coefficient (Wildman–Crippen LogP) is 5.28. The molecule has 1 N–H and O–H groups in total. The molecule has 4 rings (SSSR count). The molecule has 0 radical (unpaired) electrons. The van der Waals surface area contributed by atoms with Crippen LogP contribution in [0.5, 0.6) is 0 Å². The summed E-state index contributed by atoms with van der Waals surface area (Å²) >= 11 is 0. The molecule has 0 saturated heterocycles. The van der Waals surface area contributed by atoms with Gasteiger partial charge >= 0.3 is 0 Å². The zero-order valence-corrected chi connectivity index (χ0v) is 16.6. The van der Waals surface area contributed by atoms with Gasteiger partial charge in [0.25, 0.3) is 11.8 Å². The molecular weight excluding hydrogens is 362 g/mol. The highest BCUT2D eigenvalue weighted by atomic mass is 16.2. The third kappa shape index (κ3) is 4.34. The smallest absolute Gasteiger partial charge is 0.291 e. The highest BCUT2D eigenvalue weighted by Gasteiger charge is 2.28. The topological polar surface area (TPSA) is 70.9 Å². The predicted molar refractivity (Wildman–Crippen MR) is 113 cm³/mol. The number of amides is 2. The van der Waals surface area contributed by atoms with Crippen LogP contribution < -0.4 is 5.32 Å². The van der Waals surface area contributed by atoms with E-state index in [0.717, 1.165) is 54.5 Å². The van der Waals surface area contributed by atoms with Crippen molar-refractivity contribution in [2.24, 2.45) is 10.2 Å². The molecule has 2 aromatic rings. The van der Waals surface area contributed by atoms with Crippen molar-refractivity contribution in [3.63, 3.8) is 0 Å². The van der Waals surface area contributed by atoms with E-state index in [0.29, 0.717) is 12.0 Å². The molecule has 0 bridgehead atoms. The Morgan fingerprint density at radius 3 is 2.66 bits per heavy atom. The van der Waals surface area contributed by atoms with Gasteiger partial charge in [0.1, 0.15) is 0 Å². The van der Waals surface area contributed by atoms with E-state index in [1.807, 2.05) is 48.5 Å². The first-order chi connectivity index (χ1) is 14.1. The zero-order chi connectivity index (χ0) is 20.2. The van der Waals surface area contributed by atoms with Crippen molar-refractivity contribution >= 4 is 17.5 Å². The van der Waals surface area contributed by atoms with E-state index in [9.17, 15) is 9.59 Å². The molecule has 5 nitrogen and oxygen atoms in total. The highest BCUT2D eigenvalue weighted by molar-refractivity contribution is 6.04. The summed E-state index contributed by atoms with van der Waals surface area (Å²) < 4.78 is 0. The minimum Gasteiger partial charge on any atom is -0.322 e. The Hall–Kier alpha value is -3.08. The number of nitrogens with zero attached hydrogens (tertiary/aromatic N) is 2. The van der Waals surface area contributed by atoms with E-state index < -0.39 is 0 Å². The molecule has 1 aliphatic carbocycles. The van der Waals surface area contributed by atoms with Crippen molar-refractivity contribution in [2.75, 3.05) is 5.32 Å². The summed E-state index contributed by atoms with van der Waals surface area (Å²) in [5.41, 5.74) is 5.70. The lowest BCUT2D eigenvalue weighted by Crippen LogP contribution is -2.23. The van der Waals surface area contributed by atoms with Crippen molar-refractivity contribution in [3.8, 4) is 0 Å². The number of azo groups is 1. The lowest BCUT2D eigenvalue weighted by atomic mass is 9.84. The Balaban J connectivity index is 1.47. The first-order valence-electron chi connectivity index (χ1n) is 10.3. The molecule has 29 heavy (non-hydrogen) atoms. The van der Waals surface area contributed by atoms with Gasteiger partial charge in [-0.15, -0.1) is 5.11 Å². The highest BCUT2D eigenvalue weighted by Crippen LogP contribution is 2.33. The SMILES string of the molecule is CCc1ccc(C(=O)Nc2cccc(CC3N=NC(=O)C4=C3CCCC4)c2)cc1. The quantitative estimate of drug-likeness (QED) is 0.758. The van der Waals surface area contributed by atoms with E-state index in [1.165, 1.54) is 5.56 Å². The summed E-state index contributed by atoms with van der Waals surface area (Å²) in [4.78, 5) is 24.6. The molecule has 2 aromatic carbocycles. The Bertz CT molecular complexity index is 989. The van der Waals surface area contributed by atoms with Crippen LogP contribution in [0.25, 0.3) is 0 Å². The van der Waals surface area contributed by atoms with Crippen LogP contribution >= 0.6 is 0 Å². The van der Waals surface area contributed by atoms with Gasteiger partial charge in [-0.3, -0.25) is 9.59 Å². The van der Waals surface area contributed by atoms with Gasteiger partial charge in [-0.1, -0.05) is 31.2 Å². The number of carbonyl (C=O) groups excluding carboxylic acids is 2. The normalized spacial score (nSPS) is 18.5. The van der Waals surface area contributed by atoms with Crippen molar-refractivity contribution in [2.45, 2.75) is 51.5 Å². The molecule has 0 saturated carbocycles. The number of nitrogens with one attached hydrogen (secondary N) is 1. The summed E-state index contributed by atoms with van der Waals surface area (Å²) in [5, 5.41) is 11.1. The second kappa shape index (κ2) is 8.52. The van der Waals surface area contributed by atoms with E-state index in [4.69, 9.17) is 0 Å². The fourth-order valence-electron chi connectivity index (χ4n) is 4.05. The van der Waals surface area contributed by atoms with E-state index in [1.54, 1.807) is 0 Å². The zero-order valence-electron chi connectivity index (χ0n) is 16.6. The van der Waals surface area contributed by atoms with Crippen LogP contribution in [0.1, 0.15) is 54.1 Å². The van der Waals surface area contributed by atoms with Gasteiger partial charge in [0, 0.05) is 23.2 Å². The van der Waals surface area contributed by atoms with Gasteiger partial charge in [-0.05, 0) is 73.1 Å². The average molecular weight is 387 g/mol. The summed E-state index contributed by atoms with van der Waals surface area (Å²) in [6, 6.07) is 15.4. The maximum Gasteiger partial charge on any atom is 0.291 e. The molecule has 0 aromatic heterocycles. The standard InChI is InChI=1S/C24H25N3O2/c1-2-16-10-12-18(13-11-16)23(28)25-19-7-5-6-17(14-19)15-22-20-8-3-4-9-21(20)24(29)27-26-22/h5-7,10-14,22H,2-4,8-9,15H2,1H3,(H,25,28). The van der Waals surface area contributed by atoms with Crippen LogP contribution in [0.15, 0.2) is 69.9 Å². The fraction of sp³-hybridized carbons (Fsp3) is 0.333. The van der Waals surface area contributed by atoms with Gasteiger partial charge in [0.05, 0.1) is 6.04 Å². The summed E-state index contributed by atoms with van der Waals surface area (Å²) in [5.74, 6) is -0.281. The van der Waals surface area contributed by atoms with Crippen LogP contribution in [0.3, 0.4) is 0 Å². The molecule has 148 valence electrons. The van der Waals surface area contributed by atoms with Gasteiger partial charge in [0.2, 0.25) is 0 Å². The summed E-state index contributed by atoms with van der Waals surface area (Å²) in [7, 11) is 0. The molecule has 1 unspecified atom stereocenters. The lowest BCUT2D eigenvalue weighted by Gasteiger charge is -2.25. The number of hydrogen-bond donors (Lipinski definition) is 1.